The molecule has 0 aliphatic carbocycles. The fourth-order valence-corrected chi connectivity index (χ4v) is 3.23. The standard InChI is InChI=1S/C19H18N4O4/c1-26-19(25)14-8-9-15-17(11-14)23(21-20-15)27-12-18(24)22-10-4-6-13-5-2-3-7-16(13)22/h2-3,5,7-9,11H,4,6,10,12H2,1H3. The number of rotatable bonds is 4. The molecule has 1 amide bonds. The van der Waals surface area contributed by atoms with Crippen LogP contribution in [-0.2, 0) is 16.0 Å². The number of carbonyl (C=O) groups excluding carboxylic acids is 2. The van der Waals surface area contributed by atoms with Gasteiger partial charge in [-0.15, -0.1) is 5.10 Å². The maximum Gasteiger partial charge on any atom is 0.337 e. The van der Waals surface area contributed by atoms with E-state index in [0.717, 1.165) is 28.9 Å². The molecule has 4 rings (SSSR count). The minimum absolute atomic E-state index is 0.157. The van der Waals surface area contributed by atoms with Crippen LogP contribution in [0.3, 0.4) is 0 Å². The Morgan fingerprint density at radius 3 is 2.89 bits per heavy atom. The van der Waals surface area contributed by atoms with Gasteiger partial charge in [-0.3, -0.25) is 4.79 Å². The molecule has 2 aromatic carbocycles. The van der Waals surface area contributed by atoms with E-state index < -0.39 is 5.97 Å². The van der Waals surface area contributed by atoms with Crippen molar-refractivity contribution in [3.05, 3.63) is 53.6 Å². The van der Waals surface area contributed by atoms with Crippen LogP contribution < -0.4 is 9.74 Å². The summed E-state index contributed by atoms with van der Waals surface area (Å²) in [4.78, 5) is 32.8. The summed E-state index contributed by atoms with van der Waals surface area (Å²) in [6, 6.07) is 12.7. The summed E-state index contributed by atoms with van der Waals surface area (Å²) in [6.07, 6.45) is 1.88. The van der Waals surface area contributed by atoms with E-state index in [0.29, 0.717) is 23.1 Å². The van der Waals surface area contributed by atoms with Crippen LogP contribution in [-0.4, -0.2) is 47.3 Å². The van der Waals surface area contributed by atoms with Gasteiger partial charge in [-0.25, -0.2) is 4.79 Å². The Hall–Kier alpha value is -3.42. The van der Waals surface area contributed by atoms with Gasteiger partial charge in [0.1, 0.15) is 11.0 Å². The van der Waals surface area contributed by atoms with E-state index in [4.69, 9.17) is 9.57 Å². The lowest BCUT2D eigenvalue weighted by Gasteiger charge is -2.29. The van der Waals surface area contributed by atoms with Gasteiger partial charge in [0.25, 0.3) is 5.91 Å². The highest BCUT2D eigenvalue weighted by Gasteiger charge is 2.23. The number of ether oxygens (including phenoxy) is 1. The molecule has 8 nitrogen and oxygen atoms in total. The summed E-state index contributed by atoms with van der Waals surface area (Å²) < 4.78 is 4.72. The van der Waals surface area contributed by atoms with Gasteiger partial charge in [0.15, 0.2) is 6.61 Å². The first-order valence-corrected chi connectivity index (χ1v) is 8.63. The number of benzene rings is 2. The van der Waals surface area contributed by atoms with Crippen molar-refractivity contribution in [3.8, 4) is 0 Å². The van der Waals surface area contributed by atoms with E-state index in [-0.39, 0.29) is 12.5 Å². The first-order chi connectivity index (χ1) is 13.2. The molecule has 27 heavy (non-hydrogen) atoms. The molecule has 0 unspecified atom stereocenters. The van der Waals surface area contributed by atoms with Crippen LogP contribution >= 0.6 is 0 Å². The van der Waals surface area contributed by atoms with Crippen LogP contribution in [0.2, 0.25) is 0 Å². The number of para-hydroxylation sites is 1. The Kier molecular flexibility index (Phi) is 4.45. The Bertz CT molecular complexity index is 1010. The molecular weight excluding hydrogens is 348 g/mol. The molecule has 0 N–H and O–H groups in total. The van der Waals surface area contributed by atoms with Crippen LogP contribution in [0.4, 0.5) is 5.69 Å². The van der Waals surface area contributed by atoms with Crippen molar-refractivity contribution in [2.45, 2.75) is 12.8 Å². The Morgan fingerprint density at radius 1 is 1.19 bits per heavy atom. The van der Waals surface area contributed by atoms with Crippen molar-refractivity contribution in [2.24, 2.45) is 0 Å². The summed E-state index contributed by atoms with van der Waals surface area (Å²) in [7, 11) is 1.31. The lowest BCUT2D eigenvalue weighted by molar-refractivity contribution is -0.123. The van der Waals surface area contributed by atoms with Crippen LogP contribution in [0.5, 0.6) is 0 Å². The topological polar surface area (TPSA) is 86.5 Å². The van der Waals surface area contributed by atoms with Gasteiger partial charge in [0, 0.05) is 12.2 Å². The van der Waals surface area contributed by atoms with Crippen molar-refractivity contribution >= 4 is 28.6 Å². The highest BCUT2D eigenvalue weighted by Crippen LogP contribution is 2.26. The number of carbonyl (C=O) groups is 2. The maximum absolute atomic E-state index is 12.7. The normalized spacial score (nSPS) is 13.3. The molecule has 0 fully saturated rings. The molecule has 0 saturated heterocycles. The second-order valence-corrected chi connectivity index (χ2v) is 6.21. The van der Waals surface area contributed by atoms with Gasteiger partial charge in [0.2, 0.25) is 0 Å². The predicted molar refractivity (Wildman–Crippen MR) is 97.4 cm³/mol. The molecule has 1 aliphatic rings. The third kappa shape index (κ3) is 3.21. The molecule has 0 saturated carbocycles. The molecule has 3 aromatic rings. The van der Waals surface area contributed by atoms with Crippen molar-refractivity contribution < 1.29 is 19.2 Å². The molecule has 2 heterocycles. The average Bonchev–Trinajstić information content (AvgIpc) is 3.13. The molecule has 1 aliphatic heterocycles. The Morgan fingerprint density at radius 2 is 2.04 bits per heavy atom. The summed E-state index contributed by atoms with van der Waals surface area (Å²) in [5.74, 6) is -0.624. The minimum atomic E-state index is -0.467. The second kappa shape index (κ2) is 7.06. The monoisotopic (exact) mass is 366 g/mol. The number of aryl methyl sites for hydroxylation is 1. The maximum atomic E-state index is 12.7. The zero-order chi connectivity index (χ0) is 18.8. The predicted octanol–water partition coefficient (Wildman–Crippen LogP) is 1.63. The average molecular weight is 366 g/mol. The fourth-order valence-electron chi connectivity index (χ4n) is 3.23. The van der Waals surface area contributed by atoms with Gasteiger partial charge >= 0.3 is 5.97 Å². The van der Waals surface area contributed by atoms with Gasteiger partial charge < -0.3 is 14.5 Å². The van der Waals surface area contributed by atoms with E-state index in [1.165, 1.54) is 7.11 Å². The number of amides is 1. The van der Waals surface area contributed by atoms with E-state index >= 15 is 0 Å². The Labute approximate surface area is 155 Å². The van der Waals surface area contributed by atoms with Crippen molar-refractivity contribution in [1.82, 2.24) is 15.2 Å². The molecule has 0 radical (unpaired) electrons. The number of nitrogens with zero attached hydrogens (tertiary/aromatic N) is 4. The third-order valence-corrected chi connectivity index (χ3v) is 4.56. The molecule has 0 spiro atoms. The number of aromatic nitrogens is 3. The summed E-state index contributed by atoms with van der Waals surface area (Å²) in [6.45, 7) is 0.471. The highest BCUT2D eigenvalue weighted by atomic mass is 16.7. The lowest BCUT2D eigenvalue weighted by Crippen LogP contribution is -2.40. The smallest absolute Gasteiger partial charge is 0.337 e. The quantitative estimate of drug-likeness (QED) is 0.652. The van der Waals surface area contributed by atoms with Crippen molar-refractivity contribution in [3.63, 3.8) is 0 Å². The number of methoxy groups -OCH3 is 1. The lowest BCUT2D eigenvalue weighted by atomic mass is 10.0. The van der Waals surface area contributed by atoms with Crippen LogP contribution in [0, 0.1) is 0 Å². The number of anilines is 1. The number of esters is 1. The largest absolute Gasteiger partial charge is 0.465 e. The van der Waals surface area contributed by atoms with Crippen LogP contribution in [0.1, 0.15) is 22.3 Å². The van der Waals surface area contributed by atoms with Gasteiger partial charge in [-0.05, 0) is 47.9 Å². The SMILES string of the molecule is COC(=O)c1ccc2nnn(OCC(=O)N3CCCc4ccccc43)c2c1. The molecule has 138 valence electrons. The number of fused-ring (bicyclic) bond motifs is 2. The Balaban J connectivity index is 1.52. The zero-order valence-electron chi connectivity index (χ0n) is 14.8. The zero-order valence-corrected chi connectivity index (χ0v) is 14.8. The van der Waals surface area contributed by atoms with Crippen LogP contribution in [0.25, 0.3) is 11.0 Å². The van der Waals surface area contributed by atoms with E-state index in [1.807, 2.05) is 24.3 Å². The van der Waals surface area contributed by atoms with E-state index in [9.17, 15) is 9.59 Å². The molecule has 1 aromatic heterocycles. The summed E-state index contributed by atoms with van der Waals surface area (Å²) in [5, 5.41) is 7.89. The molecule has 0 atom stereocenters. The van der Waals surface area contributed by atoms with Crippen molar-refractivity contribution in [1.29, 1.82) is 0 Å². The minimum Gasteiger partial charge on any atom is -0.465 e. The van der Waals surface area contributed by atoms with Gasteiger partial charge in [-0.2, -0.15) is 0 Å². The molecule has 0 bridgehead atoms. The van der Waals surface area contributed by atoms with E-state index in [1.54, 1.807) is 23.1 Å². The number of hydrogen-bond donors (Lipinski definition) is 0. The summed E-state index contributed by atoms with van der Waals surface area (Å²) in [5.41, 5.74) is 3.48. The first-order valence-electron chi connectivity index (χ1n) is 8.63. The van der Waals surface area contributed by atoms with Gasteiger partial charge in [-0.1, -0.05) is 23.0 Å². The molecular formula is C19H18N4O4. The van der Waals surface area contributed by atoms with Crippen molar-refractivity contribution in [2.75, 3.05) is 25.2 Å². The highest BCUT2D eigenvalue weighted by molar-refractivity contribution is 5.95. The molecule has 8 heteroatoms. The van der Waals surface area contributed by atoms with Crippen LogP contribution in [0.15, 0.2) is 42.5 Å². The van der Waals surface area contributed by atoms with E-state index in [2.05, 4.69) is 10.3 Å². The first kappa shape index (κ1) is 17.0. The second-order valence-electron chi connectivity index (χ2n) is 6.21. The fraction of sp³-hybridized carbons (Fsp3) is 0.263. The third-order valence-electron chi connectivity index (χ3n) is 4.56. The number of hydrogen-bond acceptors (Lipinski definition) is 6. The summed E-state index contributed by atoms with van der Waals surface area (Å²) >= 11 is 0. The van der Waals surface area contributed by atoms with Gasteiger partial charge in [0.05, 0.1) is 12.7 Å².